The van der Waals surface area contributed by atoms with E-state index in [4.69, 9.17) is 15.2 Å². The average Bonchev–Trinajstić information content (AvgIpc) is 2.37. The van der Waals surface area contributed by atoms with Gasteiger partial charge >= 0.3 is 5.97 Å². The first-order valence-electron chi connectivity index (χ1n) is 5.43. The van der Waals surface area contributed by atoms with Crippen molar-refractivity contribution in [2.75, 3.05) is 19.5 Å². The van der Waals surface area contributed by atoms with Gasteiger partial charge in [0.2, 0.25) is 5.90 Å². The lowest BCUT2D eigenvalue weighted by Gasteiger charge is -2.08. The molecule has 0 unspecified atom stereocenters. The molecule has 0 spiro atoms. The summed E-state index contributed by atoms with van der Waals surface area (Å²) in [5, 5.41) is 0. The van der Waals surface area contributed by atoms with E-state index in [0.29, 0.717) is 11.4 Å². The zero-order valence-electron chi connectivity index (χ0n) is 10.5. The Hall–Kier alpha value is -2.30. The second-order valence-electron chi connectivity index (χ2n) is 3.38. The predicted octanol–water partition coefficient (Wildman–Crippen LogP) is 2.06. The third-order valence-electron chi connectivity index (χ3n) is 2.13. The van der Waals surface area contributed by atoms with Gasteiger partial charge in [0.1, 0.15) is 5.57 Å². The van der Waals surface area contributed by atoms with Crippen molar-refractivity contribution in [2.45, 2.75) is 6.92 Å². The fourth-order valence-electron chi connectivity index (χ4n) is 1.24. The maximum absolute atomic E-state index is 11.5. The minimum atomic E-state index is -0.562. The smallest absolute Gasteiger partial charge is 0.343 e. The number of nitrogen functional groups attached to an aromatic ring is 1. The summed E-state index contributed by atoms with van der Waals surface area (Å²) in [4.78, 5) is 15.7. The van der Waals surface area contributed by atoms with Gasteiger partial charge in [0, 0.05) is 0 Å². The van der Waals surface area contributed by atoms with Crippen molar-refractivity contribution in [3.05, 3.63) is 36.4 Å². The van der Waals surface area contributed by atoms with Gasteiger partial charge < -0.3 is 15.2 Å². The van der Waals surface area contributed by atoms with Crippen LogP contribution in [-0.2, 0) is 14.3 Å². The molecule has 0 aliphatic heterocycles. The average molecular weight is 248 g/mol. The monoisotopic (exact) mass is 248 g/mol. The molecule has 0 aromatic heterocycles. The molecular weight excluding hydrogens is 232 g/mol. The highest BCUT2D eigenvalue weighted by Crippen LogP contribution is 2.21. The number of methoxy groups -OCH3 is 1. The number of hydrogen-bond acceptors (Lipinski definition) is 5. The van der Waals surface area contributed by atoms with Crippen LogP contribution in [0.3, 0.4) is 0 Å². The zero-order chi connectivity index (χ0) is 13.5. The third-order valence-corrected chi connectivity index (χ3v) is 2.13. The summed E-state index contributed by atoms with van der Waals surface area (Å²) in [5.74, 6) is -0.473. The molecule has 0 aliphatic carbocycles. The molecule has 96 valence electrons. The number of esters is 1. The number of nitrogens with zero attached hydrogens (tertiary/aromatic N) is 1. The Morgan fingerprint density at radius 1 is 1.44 bits per heavy atom. The van der Waals surface area contributed by atoms with E-state index in [1.54, 1.807) is 31.2 Å². The first-order valence-corrected chi connectivity index (χ1v) is 5.43. The topological polar surface area (TPSA) is 73.9 Å². The first-order chi connectivity index (χ1) is 8.60. The van der Waals surface area contributed by atoms with Crippen molar-refractivity contribution in [3.8, 4) is 0 Å². The molecule has 1 aromatic carbocycles. The Labute approximate surface area is 106 Å². The van der Waals surface area contributed by atoms with E-state index in [-0.39, 0.29) is 18.1 Å². The molecule has 0 saturated carbocycles. The number of nitrogens with two attached hydrogens (primary N) is 1. The summed E-state index contributed by atoms with van der Waals surface area (Å²) in [6.45, 7) is 5.58. The minimum absolute atomic E-state index is 0.0580. The Morgan fingerprint density at radius 3 is 2.67 bits per heavy atom. The van der Waals surface area contributed by atoms with Gasteiger partial charge in [-0.15, -0.1) is 0 Å². The number of hydrogen-bond donors (Lipinski definition) is 1. The van der Waals surface area contributed by atoms with Crippen LogP contribution in [-0.4, -0.2) is 25.6 Å². The Morgan fingerprint density at radius 2 is 2.11 bits per heavy atom. The van der Waals surface area contributed by atoms with Crippen molar-refractivity contribution in [2.24, 2.45) is 4.99 Å². The van der Waals surface area contributed by atoms with Gasteiger partial charge in [-0.05, 0) is 19.1 Å². The number of aliphatic imine (C=N–C) groups is 1. The van der Waals surface area contributed by atoms with Crippen LogP contribution in [0.2, 0.25) is 0 Å². The van der Waals surface area contributed by atoms with Gasteiger partial charge in [0.25, 0.3) is 0 Å². The molecular formula is C13H16N2O3. The summed E-state index contributed by atoms with van der Waals surface area (Å²) in [7, 11) is 1.41. The Bertz CT molecular complexity index is 481. The highest BCUT2D eigenvalue weighted by atomic mass is 16.5. The molecule has 0 amide bonds. The van der Waals surface area contributed by atoms with E-state index in [2.05, 4.69) is 11.6 Å². The zero-order valence-corrected chi connectivity index (χ0v) is 10.5. The fraction of sp³-hybridized carbons (Fsp3) is 0.231. The summed E-state index contributed by atoms with van der Waals surface area (Å²) in [5.41, 5.74) is 6.81. The summed E-state index contributed by atoms with van der Waals surface area (Å²) >= 11 is 0. The maximum atomic E-state index is 11.5. The van der Waals surface area contributed by atoms with Gasteiger partial charge in [0.05, 0.1) is 25.1 Å². The molecule has 2 N–H and O–H groups in total. The molecule has 0 saturated heterocycles. The number of carbonyl (C=O) groups excluding carboxylic acids is 1. The van der Waals surface area contributed by atoms with E-state index >= 15 is 0 Å². The van der Waals surface area contributed by atoms with Crippen LogP contribution < -0.4 is 5.73 Å². The number of rotatable bonds is 4. The molecule has 18 heavy (non-hydrogen) atoms. The van der Waals surface area contributed by atoms with Crippen LogP contribution in [0.25, 0.3) is 0 Å². The van der Waals surface area contributed by atoms with Crippen molar-refractivity contribution < 1.29 is 14.3 Å². The molecule has 1 rings (SSSR count). The second kappa shape index (κ2) is 6.44. The van der Waals surface area contributed by atoms with Crippen molar-refractivity contribution in [1.82, 2.24) is 0 Å². The van der Waals surface area contributed by atoms with E-state index in [9.17, 15) is 4.79 Å². The lowest BCUT2D eigenvalue weighted by molar-refractivity contribution is -0.137. The lowest BCUT2D eigenvalue weighted by Crippen LogP contribution is -2.16. The van der Waals surface area contributed by atoms with Crippen LogP contribution in [0.5, 0.6) is 0 Å². The van der Waals surface area contributed by atoms with Gasteiger partial charge in [0.15, 0.2) is 0 Å². The summed E-state index contributed by atoms with van der Waals surface area (Å²) in [6.07, 6.45) is 0. The van der Waals surface area contributed by atoms with E-state index < -0.39 is 5.97 Å². The molecule has 5 heteroatoms. The fourth-order valence-corrected chi connectivity index (χ4v) is 1.24. The third kappa shape index (κ3) is 3.35. The van der Waals surface area contributed by atoms with Crippen LogP contribution >= 0.6 is 0 Å². The van der Waals surface area contributed by atoms with Crippen molar-refractivity contribution in [1.29, 1.82) is 0 Å². The summed E-state index contributed by atoms with van der Waals surface area (Å²) in [6, 6.07) is 7.00. The molecule has 0 radical (unpaired) electrons. The quantitative estimate of drug-likeness (QED) is 0.291. The molecule has 0 aliphatic rings. The van der Waals surface area contributed by atoms with Crippen LogP contribution in [0.15, 0.2) is 41.4 Å². The largest absolute Gasteiger partial charge is 0.480 e. The number of benzene rings is 1. The normalized spacial score (nSPS) is 10.9. The Balaban J connectivity index is 3.00. The molecule has 0 heterocycles. The van der Waals surface area contributed by atoms with Crippen molar-refractivity contribution >= 4 is 23.2 Å². The number of carbonyl (C=O) groups is 1. The van der Waals surface area contributed by atoms with Gasteiger partial charge in [-0.1, -0.05) is 18.7 Å². The van der Waals surface area contributed by atoms with E-state index in [0.717, 1.165) is 0 Å². The molecule has 0 fully saturated rings. The van der Waals surface area contributed by atoms with E-state index in [1.807, 2.05) is 0 Å². The van der Waals surface area contributed by atoms with Gasteiger partial charge in [-0.3, -0.25) is 0 Å². The molecule has 1 aromatic rings. The Kier molecular flexibility index (Phi) is 4.92. The standard InChI is InChI=1S/C13H16N2O3/c1-4-18-13(16)9(2)12(17-3)15-11-8-6-5-7-10(11)14/h5-8H,2,4,14H2,1,3H3. The van der Waals surface area contributed by atoms with E-state index in [1.165, 1.54) is 7.11 Å². The maximum Gasteiger partial charge on any atom is 0.343 e. The number of anilines is 1. The van der Waals surface area contributed by atoms with Crippen molar-refractivity contribution in [3.63, 3.8) is 0 Å². The lowest BCUT2D eigenvalue weighted by atomic mass is 10.2. The summed E-state index contributed by atoms with van der Waals surface area (Å²) < 4.78 is 9.86. The molecule has 0 bridgehead atoms. The van der Waals surface area contributed by atoms with Crippen LogP contribution in [0, 0.1) is 0 Å². The second-order valence-corrected chi connectivity index (χ2v) is 3.38. The minimum Gasteiger partial charge on any atom is -0.480 e. The highest BCUT2D eigenvalue weighted by molar-refractivity contribution is 6.16. The van der Waals surface area contributed by atoms with Crippen LogP contribution in [0.1, 0.15) is 6.92 Å². The SMILES string of the molecule is C=C(C(=O)OCC)C(=Nc1ccccc1N)OC. The van der Waals surface area contributed by atoms with Crippen LogP contribution in [0.4, 0.5) is 11.4 Å². The molecule has 0 atom stereocenters. The first kappa shape index (κ1) is 13.8. The predicted molar refractivity (Wildman–Crippen MR) is 70.7 cm³/mol. The molecule has 5 nitrogen and oxygen atoms in total. The van der Waals surface area contributed by atoms with Gasteiger partial charge in [-0.2, -0.15) is 0 Å². The van der Waals surface area contributed by atoms with Gasteiger partial charge in [-0.25, -0.2) is 9.79 Å². The number of ether oxygens (including phenoxy) is 2. The highest BCUT2D eigenvalue weighted by Gasteiger charge is 2.16. The number of para-hydroxylation sites is 2.